The third-order valence-electron chi connectivity index (χ3n) is 5.53. The minimum Gasteiger partial charge on any atom is -0.496 e. The Bertz CT molecular complexity index is 1110. The van der Waals surface area contributed by atoms with Gasteiger partial charge in [0.25, 0.3) is 5.91 Å². The lowest BCUT2D eigenvalue weighted by Gasteiger charge is -2.31. The number of hydrogen-bond acceptors (Lipinski definition) is 4. The van der Waals surface area contributed by atoms with E-state index in [2.05, 4.69) is 45.8 Å². The second-order valence-electron chi connectivity index (χ2n) is 7.79. The van der Waals surface area contributed by atoms with Crippen molar-refractivity contribution >= 4 is 17.8 Å². The van der Waals surface area contributed by atoms with E-state index in [1.165, 1.54) is 11.3 Å². The number of carbonyl (C=O) groups is 1. The van der Waals surface area contributed by atoms with Crippen molar-refractivity contribution in [3.8, 4) is 5.75 Å². The van der Waals surface area contributed by atoms with Crippen LogP contribution >= 0.6 is 0 Å². The zero-order chi connectivity index (χ0) is 21.6. The number of anilines is 1. The Morgan fingerprint density at radius 1 is 1.13 bits per heavy atom. The zero-order valence-corrected chi connectivity index (χ0v) is 18.0. The number of carbonyl (C=O) groups excluding carboxylic acids is 1. The maximum Gasteiger partial charge on any atom is 0.271 e. The lowest BCUT2D eigenvalue weighted by atomic mass is 10.0. The van der Waals surface area contributed by atoms with Crippen LogP contribution < -0.4 is 15.1 Å². The first-order valence-corrected chi connectivity index (χ1v) is 10.5. The van der Waals surface area contributed by atoms with Gasteiger partial charge in [-0.05, 0) is 67.3 Å². The molecular weight excluding hydrogens is 386 g/mol. The summed E-state index contributed by atoms with van der Waals surface area (Å²) in [4.78, 5) is 14.7. The largest absolute Gasteiger partial charge is 0.496 e. The molecule has 0 unspecified atom stereocenters. The Balaban J connectivity index is 1.49. The summed E-state index contributed by atoms with van der Waals surface area (Å²) in [7, 11) is 1.69. The first kappa shape index (κ1) is 20.7. The number of methoxy groups -OCH3 is 1. The zero-order valence-electron chi connectivity index (χ0n) is 18.0. The molecule has 0 aromatic heterocycles. The first-order chi connectivity index (χ1) is 15.1. The van der Waals surface area contributed by atoms with Crippen LogP contribution in [0.2, 0.25) is 0 Å². The topological polar surface area (TPSA) is 53.9 Å². The standard InChI is InChI=1S/C26H27N3O2/c1-19-7-5-9-22(15-19)26(30)28-27-17-20-12-13-25(31-2)23(16-20)18-29-14-6-10-21-8-3-4-11-24(21)29/h3-5,7-9,11-13,15-17H,6,10,14,18H2,1-2H3,(H,28,30)/b27-17-. The highest BCUT2D eigenvalue weighted by Crippen LogP contribution is 2.30. The average molecular weight is 414 g/mol. The van der Waals surface area contributed by atoms with E-state index in [1.807, 2.05) is 37.3 Å². The van der Waals surface area contributed by atoms with Gasteiger partial charge in [0.05, 0.1) is 13.3 Å². The molecule has 1 N–H and O–H groups in total. The maximum absolute atomic E-state index is 12.3. The molecule has 3 aromatic carbocycles. The molecule has 0 fully saturated rings. The molecule has 0 radical (unpaired) electrons. The maximum atomic E-state index is 12.3. The van der Waals surface area contributed by atoms with Crippen molar-refractivity contribution < 1.29 is 9.53 Å². The highest BCUT2D eigenvalue weighted by molar-refractivity contribution is 5.95. The molecule has 0 saturated carbocycles. The highest BCUT2D eigenvalue weighted by Gasteiger charge is 2.18. The third kappa shape index (κ3) is 4.94. The number of benzene rings is 3. The quantitative estimate of drug-likeness (QED) is 0.470. The first-order valence-electron chi connectivity index (χ1n) is 10.5. The van der Waals surface area contributed by atoms with Crippen LogP contribution in [0, 0.1) is 6.92 Å². The fraction of sp³-hybridized carbons (Fsp3) is 0.231. The second-order valence-corrected chi connectivity index (χ2v) is 7.79. The highest BCUT2D eigenvalue weighted by atomic mass is 16.5. The van der Waals surface area contributed by atoms with E-state index in [0.717, 1.165) is 48.4 Å². The summed E-state index contributed by atoms with van der Waals surface area (Å²) in [6, 6.07) is 22.0. The summed E-state index contributed by atoms with van der Waals surface area (Å²) in [5, 5.41) is 4.15. The van der Waals surface area contributed by atoms with E-state index in [1.54, 1.807) is 19.4 Å². The number of para-hydroxylation sites is 1. The van der Waals surface area contributed by atoms with Crippen LogP contribution in [0.15, 0.2) is 71.8 Å². The normalized spacial score (nSPS) is 13.2. The van der Waals surface area contributed by atoms with Crippen LogP contribution in [-0.4, -0.2) is 25.8 Å². The van der Waals surface area contributed by atoms with Gasteiger partial charge in [-0.3, -0.25) is 4.79 Å². The molecule has 3 aromatic rings. The number of nitrogens with zero attached hydrogens (tertiary/aromatic N) is 2. The summed E-state index contributed by atoms with van der Waals surface area (Å²) in [6.45, 7) is 3.74. The van der Waals surface area contributed by atoms with Gasteiger partial charge in [-0.15, -0.1) is 0 Å². The molecule has 5 heteroatoms. The van der Waals surface area contributed by atoms with Gasteiger partial charge in [0.15, 0.2) is 0 Å². The summed E-state index contributed by atoms with van der Waals surface area (Å²) in [5.41, 5.74) is 8.92. The van der Waals surface area contributed by atoms with Gasteiger partial charge in [0, 0.05) is 29.9 Å². The summed E-state index contributed by atoms with van der Waals surface area (Å²) < 4.78 is 5.60. The number of hydrazone groups is 1. The molecule has 0 spiro atoms. The molecule has 1 aliphatic heterocycles. The predicted octanol–water partition coefficient (Wildman–Crippen LogP) is 4.72. The molecule has 5 nitrogen and oxygen atoms in total. The molecule has 31 heavy (non-hydrogen) atoms. The van der Waals surface area contributed by atoms with Crippen molar-refractivity contribution in [3.63, 3.8) is 0 Å². The molecule has 0 saturated heterocycles. The minimum atomic E-state index is -0.224. The Morgan fingerprint density at radius 3 is 2.84 bits per heavy atom. The SMILES string of the molecule is COc1ccc(/C=N\NC(=O)c2cccc(C)c2)cc1CN1CCCc2ccccc21. The van der Waals surface area contributed by atoms with Crippen LogP contribution in [0.1, 0.15) is 39.0 Å². The fourth-order valence-corrected chi connectivity index (χ4v) is 4.00. The molecule has 4 rings (SSSR count). The second kappa shape index (κ2) is 9.47. The molecule has 0 aliphatic carbocycles. The number of rotatable bonds is 6. The molecule has 1 heterocycles. The van der Waals surface area contributed by atoms with E-state index in [9.17, 15) is 4.79 Å². The Labute approximate surface area is 183 Å². The van der Waals surface area contributed by atoms with Gasteiger partial charge in [0.2, 0.25) is 0 Å². The lowest BCUT2D eigenvalue weighted by molar-refractivity contribution is 0.0955. The molecule has 1 amide bonds. The number of ether oxygens (including phenoxy) is 1. The van der Waals surface area contributed by atoms with Crippen molar-refractivity contribution in [3.05, 3.63) is 94.5 Å². The lowest BCUT2D eigenvalue weighted by Crippen LogP contribution is -2.29. The summed E-state index contributed by atoms with van der Waals surface area (Å²) in [6.07, 6.45) is 3.93. The number of fused-ring (bicyclic) bond motifs is 1. The van der Waals surface area contributed by atoms with Gasteiger partial charge in [-0.1, -0.05) is 35.9 Å². The summed E-state index contributed by atoms with van der Waals surface area (Å²) in [5.74, 6) is 0.627. The smallest absolute Gasteiger partial charge is 0.271 e. The van der Waals surface area contributed by atoms with Gasteiger partial charge < -0.3 is 9.64 Å². The number of aryl methyl sites for hydroxylation is 2. The van der Waals surface area contributed by atoms with Crippen molar-refractivity contribution in [2.24, 2.45) is 5.10 Å². The Hall–Kier alpha value is -3.60. The van der Waals surface area contributed by atoms with Gasteiger partial charge in [-0.25, -0.2) is 5.43 Å². The molecular formula is C26H27N3O2. The predicted molar refractivity (Wildman–Crippen MR) is 125 cm³/mol. The van der Waals surface area contributed by atoms with Crippen LogP contribution in [0.4, 0.5) is 5.69 Å². The monoisotopic (exact) mass is 413 g/mol. The molecule has 0 atom stereocenters. The van der Waals surface area contributed by atoms with E-state index in [4.69, 9.17) is 4.74 Å². The number of hydrogen-bond donors (Lipinski definition) is 1. The molecule has 158 valence electrons. The average Bonchev–Trinajstić information content (AvgIpc) is 2.79. The number of amides is 1. The van der Waals surface area contributed by atoms with Crippen molar-refractivity contribution in [1.29, 1.82) is 0 Å². The van der Waals surface area contributed by atoms with Crippen LogP contribution in [0.25, 0.3) is 0 Å². The van der Waals surface area contributed by atoms with Gasteiger partial charge >= 0.3 is 0 Å². The van der Waals surface area contributed by atoms with Crippen molar-refractivity contribution in [1.82, 2.24) is 5.43 Å². The van der Waals surface area contributed by atoms with E-state index >= 15 is 0 Å². The van der Waals surface area contributed by atoms with Crippen LogP contribution in [-0.2, 0) is 13.0 Å². The van der Waals surface area contributed by atoms with Gasteiger partial charge in [0.1, 0.15) is 5.75 Å². The Kier molecular flexibility index (Phi) is 6.32. The van der Waals surface area contributed by atoms with E-state index in [-0.39, 0.29) is 5.91 Å². The van der Waals surface area contributed by atoms with Crippen LogP contribution in [0.5, 0.6) is 5.75 Å². The molecule has 1 aliphatic rings. The van der Waals surface area contributed by atoms with Gasteiger partial charge in [-0.2, -0.15) is 5.10 Å². The molecule has 0 bridgehead atoms. The van der Waals surface area contributed by atoms with E-state index < -0.39 is 0 Å². The number of nitrogens with one attached hydrogen (secondary N) is 1. The fourth-order valence-electron chi connectivity index (χ4n) is 4.00. The third-order valence-corrected chi connectivity index (χ3v) is 5.53. The Morgan fingerprint density at radius 2 is 2.00 bits per heavy atom. The van der Waals surface area contributed by atoms with Crippen molar-refractivity contribution in [2.45, 2.75) is 26.3 Å². The van der Waals surface area contributed by atoms with E-state index in [0.29, 0.717) is 5.56 Å². The minimum absolute atomic E-state index is 0.224. The van der Waals surface area contributed by atoms with Crippen LogP contribution in [0.3, 0.4) is 0 Å². The van der Waals surface area contributed by atoms with Crippen molar-refractivity contribution in [2.75, 3.05) is 18.6 Å². The summed E-state index contributed by atoms with van der Waals surface area (Å²) >= 11 is 0.